The third-order valence-electron chi connectivity index (χ3n) is 1.78. The number of nitrogens with zero attached hydrogens (tertiary/aromatic N) is 1. The van der Waals surface area contributed by atoms with E-state index in [1.807, 2.05) is 0 Å². The van der Waals surface area contributed by atoms with Gasteiger partial charge in [-0.3, -0.25) is 0 Å². The van der Waals surface area contributed by atoms with Gasteiger partial charge in [-0.05, 0) is 18.1 Å². The molecule has 0 aromatic carbocycles. The van der Waals surface area contributed by atoms with E-state index in [0.717, 1.165) is 11.9 Å². The average molecular weight is 216 g/mol. The van der Waals surface area contributed by atoms with Crippen LogP contribution in [0.5, 0.6) is 0 Å². The second-order valence-electron chi connectivity index (χ2n) is 2.97. The first-order valence-corrected chi connectivity index (χ1v) is 5.09. The van der Waals surface area contributed by atoms with E-state index >= 15 is 0 Å². The van der Waals surface area contributed by atoms with Crippen molar-refractivity contribution in [1.29, 1.82) is 0 Å². The highest BCUT2D eigenvalue weighted by molar-refractivity contribution is 9.09. The fraction of sp³-hybridized carbons (Fsp3) is 0.556. The molecule has 0 aliphatic carbocycles. The Morgan fingerprint density at radius 3 is 2.82 bits per heavy atom. The fourth-order valence-electron chi connectivity index (χ4n) is 1.25. The molecule has 0 amide bonds. The maximum atomic E-state index is 3.43. The highest BCUT2D eigenvalue weighted by Gasteiger charge is 2.02. The molecule has 1 heterocycles. The van der Waals surface area contributed by atoms with E-state index in [-0.39, 0.29) is 0 Å². The minimum atomic E-state index is 0.629. The van der Waals surface area contributed by atoms with Gasteiger partial charge in [0.05, 0.1) is 0 Å². The summed E-state index contributed by atoms with van der Waals surface area (Å²) < 4.78 is 2.29. The van der Waals surface area contributed by atoms with Crippen molar-refractivity contribution in [2.45, 2.75) is 26.3 Å². The van der Waals surface area contributed by atoms with Gasteiger partial charge >= 0.3 is 0 Å². The van der Waals surface area contributed by atoms with Crippen molar-refractivity contribution >= 4 is 15.9 Å². The van der Waals surface area contributed by atoms with E-state index in [0.29, 0.717) is 5.92 Å². The van der Waals surface area contributed by atoms with Gasteiger partial charge in [0, 0.05) is 23.8 Å². The van der Waals surface area contributed by atoms with E-state index < -0.39 is 0 Å². The van der Waals surface area contributed by atoms with E-state index in [4.69, 9.17) is 0 Å². The Hall–Kier alpha value is -0.240. The predicted molar refractivity (Wildman–Crippen MR) is 52.3 cm³/mol. The number of rotatable bonds is 3. The van der Waals surface area contributed by atoms with Crippen LogP contribution in [0.2, 0.25) is 0 Å². The lowest BCUT2D eigenvalue weighted by molar-refractivity contribution is 0.680. The van der Waals surface area contributed by atoms with E-state index in [1.165, 1.54) is 5.69 Å². The van der Waals surface area contributed by atoms with Gasteiger partial charge in [0.25, 0.3) is 0 Å². The number of alkyl halides is 1. The molecule has 0 atom stereocenters. The van der Waals surface area contributed by atoms with Crippen molar-refractivity contribution in [3.05, 3.63) is 24.0 Å². The van der Waals surface area contributed by atoms with Crippen LogP contribution in [0.1, 0.15) is 25.5 Å². The zero-order chi connectivity index (χ0) is 8.27. The minimum Gasteiger partial charge on any atom is -0.350 e. The number of hydrogen-bond acceptors (Lipinski definition) is 0. The van der Waals surface area contributed by atoms with E-state index in [1.54, 1.807) is 0 Å². The topological polar surface area (TPSA) is 4.93 Å². The Morgan fingerprint density at radius 2 is 2.27 bits per heavy atom. The first kappa shape index (κ1) is 8.85. The molecule has 62 valence electrons. The van der Waals surface area contributed by atoms with Gasteiger partial charge in [-0.15, -0.1) is 0 Å². The van der Waals surface area contributed by atoms with Crippen molar-refractivity contribution in [3.63, 3.8) is 0 Å². The molecule has 2 heteroatoms. The number of aryl methyl sites for hydroxylation is 1. The van der Waals surface area contributed by atoms with Crippen molar-refractivity contribution in [2.75, 3.05) is 5.33 Å². The Balaban J connectivity index is 2.78. The molecule has 1 nitrogen and oxygen atoms in total. The normalized spacial score (nSPS) is 10.9. The summed E-state index contributed by atoms with van der Waals surface area (Å²) in [5, 5.41) is 1.03. The van der Waals surface area contributed by atoms with Crippen LogP contribution < -0.4 is 0 Å². The monoisotopic (exact) mass is 215 g/mol. The smallest absolute Gasteiger partial charge is 0.0319 e. The quantitative estimate of drug-likeness (QED) is 0.684. The van der Waals surface area contributed by atoms with Crippen LogP contribution in [0.4, 0.5) is 0 Å². The zero-order valence-electron chi connectivity index (χ0n) is 7.05. The second-order valence-corrected chi connectivity index (χ2v) is 3.76. The van der Waals surface area contributed by atoms with Crippen LogP contribution in [-0.4, -0.2) is 9.90 Å². The Morgan fingerprint density at radius 1 is 1.55 bits per heavy atom. The van der Waals surface area contributed by atoms with Crippen molar-refractivity contribution in [2.24, 2.45) is 0 Å². The van der Waals surface area contributed by atoms with Crippen LogP contribution in [0.3, 0.4) is 0 Å². The van der Waals surface area contributed by atoms with Crippen molar-refractivity contribution < 1.29 is 0 Å². The molecule has 0 N–H and O–H groups in total. The molecule has 0 saturated heterocycles. The van der Waals surface area contributed by atoms with Gasteiger partial charge in [0.2, 0.25) is 0 Å². The highest BCUT2D eigenvalue weighted by atomic mass is 79.9. The van der Waals surface area contributed by atoms with Crippen LogP contribution in [-0.2, 0) is 6.54 Å². The SMILES string of the molecule is CC(C)c1cccn1CCBr. The summed E-state index contributed by atoms with van der Waals surface area (Å²) in [5.41, 5.74) is 1.42. The molecule has 0 saturated carbocycles. The van der Waals surface area contributed by atoms with Crippen LogP contribution in [0.25, 0.3) is 0 Å². The maximum Gasteiger partial charge on any atom is 0.0319 e. The summed E-state index contributed by atoms with van der Waals surface area (Å²) in [5.74, 6) is 0.629. The Labute approximate surface area is 76.5 Å². The molecule has 0 spiro atoms. The summed E-state index contributed by atoms with van der Waals surface area (Å²) in [4.78, 5) is 0. The molecular formula is C9H14BrN. The lowest BCUT2D eigenvalue weighted by Gasteiger charge is -2.09. The van der Waals surface area contributed by atoms with Crippen molar-refractivity contribution in [3.8, 4) is 0 Å². The van der Waals surface area contributed by atoms with Crippen LogP contribution in [0.15, 0.2) is 18.3 Å². The number of halogens is 1. The number of aromatic nitrogens is 1. The molecular weight excluding hydrogens is 202 g/mol. The third-order valence-corrected chi connectivity index (χ3v) is 2.14. The van der Waals surface area contributed by atoms with Gasteiger partial charge in [0.1, 0.15) is 0 Å². The third kappa shape index (κ3) is 2.09. The molecule has 1 aromatic rings. The molecule has 11 heavy (non-hydrogen) atoms. The van der Waals surface area contributed by atoms with Crippen LogP contribution >= 0.6 is 15.9 Å². The van der Waals surface area contributed by atoms with E-state index in [9.17, 15) is 0 Å². The lowest BCUT2D eigenvalue weighted by atomic mass is 10.1. The highest BCUT2D eigenvalue weighted by Crippen LogP contribution is 2.14. The molecule has 0 radical (unpaired) electrons. The minimum absolute atomic E-state index is 0.629. The molecule has 0 aliphatic rings. The summed E-state index contributed by atoms with van der Waals surface area (Å²) in [6.45, 7) is 5.51. The summed E-state index contributed by atoms with van der Waals surface area (Å²) in [6.07, 6.45) is 2.14. The summed E-state index contributed by atoms with van der Waals surface area (Å²) in [7, 11) is 0. The lowest BCUT2D eigenvalue weighted by Crippen LogP contribution is -2.03. The molecule has 0 bridgehead atoms. The first-order valence-electron chi connectivity index (χ1n) is 3.96. The van der Waals surface area contributed by atoms with Gasteiger partial charge < -0.3 is 4.57 Å². The molecule has 0 aliphatic heterocycles. The molecule has 1 rings (SSSR count). The zero-order valence-corrected chi connectivity index (χ0v) is 8.63. The Kier molecular flexibility index (Phi) is 3.18. The van der Waals surface area contributed by atoms with Gasteiger partial charge in [-0.2, -0.15) is 0 Å². The first-order chi connectivity index (χ1) is 5.25. The van der Waals surface area contributed by atoms with Gasteiger partial charge in [-0.1, -0.05) is 29.8 Å². The van der Waals surface area contributed by atoms with E-state index in [2.05, 4.69) is 52.7 Å². The summed E-state index contributed by atoms with van der Waals surface area (Å²) in [6, 6.07) is 4.30. The fourth-order valence-corrected chi connectivity index (χ4v) is 1.63. The second kappa shape index (κ2) is 3.96. The summed E-state index contributed by atoms with van der Waals surface area (Å²) >= 11 is 3.43. The average Bonchev–Trinajstić information content (AvgIpc) is 2.36. The van der Waals surface area contributed by atoms with Crippen molar-refractivity contribution in [1.82, 2.24) is 4.57 Å². The molecule has 0 fully saturated rings. The molecule has 1 aromatic heterocycles. The molecule has 0 unspecified atom stereocenters. The van der Waals surface area contributed by atoms with Gasteiger partial charge in [-0.25, -0.2) is 0 Å². The maximum absolute atomic E-state index is 3.43. The standard InChI is InChI=1S/C9H14BrN/c1-8(2)9-4-3-6-11(9)7-5-10/h3-4,6,8H,5,7H2,1-2H3. The predicted octanol–water partition coefficient (Wildman–Crippen LogP) is 3.01. The number of hydrogen-bond donors (Lipinski definition) is 0. The van der Waals surface area contributed by atoms with Crippen LogP contribution in [0, 0.1) is 0 Å². The largest absolute Gasteiger partial charge is 0.350 e. The Bertz CT molecular complexity index is 215. The van der Waals surface area contributed by atoms with Gasteiger partial charge in [0.15, 0.2) is 0 Å².